The molecular weight excluding hydrogens is 268 g/mol. The fourth-order valence-corrected chi connectivity index (χ4v) is 2.00. The summed E-state index contributed by atoms with van der Waals surface area (Å²) in [5, 5.41) is 2.48. The number of rotatable bonds is 1. The van der Waals surface area contributed by atoms with E-state index in [1.165, 1.54) is 11.3 Å². The van der Waals surface area contributed by atoms with E-state index in [1.807, 2.05) is 53.9 Å². The molecular formula is C15H16N4S. The lowest BCUT2D eigenvalue weighted by Crippen LogP contribution is -1.94. The highest BCUT2D eigenvalue weighted by Crippen LogP contribution is 2.24. The van der Waals surface area contributed by atoms with Crippen molar-refractivity contribution in [1.29, 1.82) is 0 Å². The zero-order chi connectivity index (χ0) is 14.4. The Balaban J connectivity index is 0.000000205. The lowest BCUT2D eigenvalue weighted by atomic mass is 10.0. The largest absolute Gasteiger partial charge is 0.397 e. The summed E-state index contributed by atoms with van der Waals surface area (Å²) in [5.74, 6) is 0. The summed E-state index contributed by atoms with van der Waals surface area (Å²) in [4.78, 5) is 3.71. The second kappa shape index (κ2) is 6.58. The molecule has 3 rings (SSSR count). The van der Waals surface area contributed by atoms with E-state index in [0.717, 1.165) is 11.1 Å². The van der Waals surface area contributed by atoms with E-state index < -0.39 is 0 Å². The van der Waals surface area contributed by atoms with Crippen LogP contribution in [0.5, 0.6) is 0 Å². The molecule has 0 fully saturated rings. The number of nitrogens with zero attached hydrogens (tertiary/aromatic N) is 1. The van der Waals surface area contributed by atoms with Crippen molar-refractivity contribution in [2.45, 2.75) is 0 Å². The van der Waals surface area contributed by atoms with Crippen LogP contribution in [0.3, 0.4) is 0 Å². The molecule has 0 unspecified atom stereocenters. The monoisotopic (exact) mass is 284 g/mol. The molecule has 5 heteroatoms. The lowest BCUT2D eigenvalue weighted by Gasteiger charge is -2.04. The molecule has 0 aliphatic heterocycles. The van der Waals surface area contributed by atoms with Crippen LogP contribution in [0.25, 0.3) is 11.1 Å². The number of nitrogens with two attached hydrogens (primary N) is 3. The second-order valence-corrected chi connectivity index (χ2v) is 5.01. The van der Waals surface area contributed by atoms with E-state index in [9.17, 15) is 0 Å². The van der Waals surface area contributed by atoms with Gasteiger partial charge in [0, 0.05) is 11.6 Å². The quantitative estimate of drug-likeness (QED) is 0.598. The molecule has 6 N–H and O–H groups in total. The zero-order valence-electron chi connectivity index (χ0n) is 10.9. The molecule has 0 atom stereocenters. The molecule has 1 heterocycles. The average Bonchev–Trinajstić information content (AvgIpc) is 2.95. The second-order valence-electron chi connectivity index (χ2n) is 4.08. The predicted molar refractivity (Wildman–Crippen MR) is 87.2 cm³/mol. The number of aromatic nitrogens is 1. The predicted octanol–water partition coefficient (Wildman–Crippen LogP) is 3.24. The summed E-state index contributed by atoms with van der Waals surface area (Å²) < 4.78 is 0. The number of benzene rings is 2. The number of nitrogen functional groups attached to an aromatic ring is 3. The Hall–Kier alpha value is -2.53. The van der Waals surface area contributed by atoms with Crippen LogP contribution in [0.1, 0.15) is 0 Å². The Bertz CT molecular complexity index is 651. The number of hydrogen-bond acceptors (Lipinski definition) is 5. The van der Waals surface area contributed by atoms with Crippen LogP contribution in [-0.4, -0.2) is 4.98 Å². The first-order valence-corrected chi connectivity index (χ1v) is 6.90. The van der Waals surface area contributed by atoms with Crippen molar-refractivity contribution in [2.24, 2.45) is 0 Å². The highest BCUT2D eigenvalue weighted by molar-refractivity contribution is 7.13. The molecule has 0 amide bonds. The van der Waals surface area contributed by atoms with Gasteiger partial charge in [0.15, 0.2) is 5.13 Å². The van der Waals surface area contributed by atoms with Gasteiger partial charge in [-0.05, 0) is 23.3 Å². The molecule has 102 valence electrons. The first-order valence-electron chi connectivity index (χ1n) is 6.02. The highest BCUT2D eigenvalue weighted by Gasteiger charge is 1.98. The van der Waals surface area contributed by atoms with Crippen LogP contribution < -0.4 is 17.2 Å². The normalized spacial score (nSPS) is 9.60. The van der Waals surface area contributed by atoms with E-state index in [4.69, 9.17) is 17.2 Å². The first kappa shape index (κ1) is 13.9. The minimum Gasteiger partial charge on any atom is -0.397 e. The van der Waals surface area contributed by atoms with Crippen LogP contribution in [0.2, 0.25) is 0 Å². The van der Waals surface area contributed by atoms with E-state index in [2.05, 4.69) is 4.98 Å². The minimum absolute atomic E-state index is 0.629. The van der Waals surface area contributed by atoms with E-state index in [1.54, 1.807) is 6.20 Å². The maximum Gasteiger partial charge on any atom is 0.179 e. The van der Waals surface area contributed by atoms with Crippen molar-refractivity contribution < 1.29 is 0 Å². The maximum atomic E-state index is 5.73. The molecule has 0 aliphatic rings. The van der Waals surface area contributed by atoms with Crippen molar-refractivity contribution in [3.05, 3.63) is 60.1 Å². The highest BCUT2D eigenvalue weighted by atomic mass is 32.1. The van der Waals surface area contributed by atoms with Crippen LogP contribution in [0.15, 0.2) is 60.1 Å². The van der Waals surface area contributed by atoms with Crippen LogP contribution in [0.4, 0.5) is 16.5 Å². The molecule has 1 aromatic heterocycles. The van der Waals surface area contributed by atoms with Crippen molar-refractivity contribution in [2.75, 3.05) is 17.2 Å². The third kappa shape index (κ3) is 3.73. The van der Waals surface area contributed by atoms with Gasteiger partial charge in [-0.3, -0.25) is 0 Å². The molecule has 0 aliphatic carbocycles. The first-order chi connectivity index (χ1) is 9.66. The van der Waals surface area contributed by atoms with Crippen LogP contribution in [0, 0.1) is 0 Å². The van der Waals surface area contributed by atoms with E-state index >= 15 is 0 Å². The van der Waals surface area contributed by atoms with Crippen molar-refractivity contribution in [3.63, 3.8) is 0 Å². The van der Waals surface area contributed by atoms with Gasteiger partial charge in [0.2, 0.25) is 0 Å². The minimum atomic E-state index is 0.629. The summed E-state index contributed by atoms with van der Waals surface area (Å²) in [6.45, 7) is 0. The van der Waals surface area contributed by atoms with Crippen molar-refractivity contribution >= 4 is 27.8 Å². The molecule has 0 bridgehead atoms. The fraction of sp³-hybridized carbons (Fsp3) is 0. The summed E-state index contributed by atoms with van der Waals surface area (Å²) in [6, 6.07) is 15.8. The van der Waals surface area contributed by atoms with Crippen molar-refractivity contribution in [1.82, 2.24) is 4.98 Å². The molecule has 3 aromatic rings. The molecule has 4 nitrogen and oxygen atoms in total. The molecule has 2 aromatic carbocycles. The Labute approximate surface area is 121 Å². The molecule has 0 radical (unpaired) electrons. The Morgan fingerprint density at radius 3 is 2.05 bits per heavy atom. The zero-order valence-corrected chi connectivity index (χ0v) is 11.7. The van der Waals surface area contributed by atoms with Crippen molar-refractivity contribution in [3.8, 4) is 11.1 Å². The molecule has 0 saturated carbocycles. The Morgan fingerprint density at radius 1 is 0.800 bits per heavy atom. The third-order valence-electron chi connectivity index (χ3n) is 2.65. The fourth-order valence-electron chi connectivity index (χ4n) is 1.62. The molecule has 20 heavy (non-hydrogen) atoms. The van der Waals surface area contributed by atoms with Gasteiger partial charge in [0.05, 0.1) is 11.4 Å². The van der Waals surface area contributed by atoms with Crippen LogP contribution >= 0.6 is 11.3 Å². The topological polar surface area (TPSA) is 91.0 Å². The van der Waals surface area contributed by atoms with Gasteiger partial charge < -0.3 is 17.2 Å². The van der Waals surface area contributed by atoms with Gasteiger partial charge in [-0.1, -0.05) is 36.4 Å². The van der Waals surface area contributed by atoms with Gasteiger partial charge in [0.25, 0.3) is 0 Å². The summed E-state index contributed by atoms with van der Waals surface area (Å²) in [7, 11) is 0. The van der Waals surface area contributed by atoms with Gasteiger partial charge >= 0.3 is 0 Å². The maximum absolute atomic E-state index is 5.73. The summed E-state index contributed by atoms with van der Waals surface area (Å²) >= 11 is 1.44. The number of hydrogen-bond donors (Lipinski definition) is 3. The lowest BCUT2D eigenvalue weighted by molar-refractivity contribution is 1.43. The van der Waals surface area contributed by atoms with Gasteiger partial charge in [0.1, 0.15) is 0 Å². The van der Waals surface area contributed by atoms with E-state index in [0.29, 0.717) is 16.5 Å². The standard InChI is InChI=1S/C12H12N2.C3H4N2S/c13-11-7-6-10(8-12(11)14)9-4-2-1-3-5-9;4-3-5-1-2-6-3/h1-8H,13-14H2;1-2H,(H2,4,5). The number of thiazole rings is 1. The molecule has 0 spiro atoms. The van der Waals surface area contributed by atoms with Gasteiger partial charge in [-0.25, -0.2) is 4.98 Å². The smallest absolute Gasteiger partial charge is 0.179 e. The Morgan fingerprint density at radius 2 is 1.55 bits per heavy atom. The average molecular weight is 284 g/mol. The SMILES string of the molecule is Nc1ccc(-c2ccccc2)cc1N.Nc1nccs1. The number of anilines is 3. The van der Waals surface area contributed by atoms with Gasteiger partial charge in [-0.2, -0.15) is 0 Å². The summed E-state index contributed by atoms with van der Waals surface area (Å²) in [6.07, 6.45) is 1.68. The third-order valence-corrected chi connectivity index (χ3v) is 3.25. The Kier molecular flexibility index (Phi) is 4.57. The van der Waals surface area contributed by atoms with Gasteiger partial charge in [-0.15, -0.1) is 11.3 Å². The summed E-state index contributed by atoms with van der Waals surface area (Å²) in [5.41, 5.74) is 20.1. The van der Waals surface area contributed by atoms with E-state index in [-0.39, 0.29) is 0 Å². The molecule has 0 saturated heterocycles. The van der Waals surface area contributed by atoms with Crippen LogP contribution in [-0.2, 0) is 0 Å².